The first kappa shape index (κ1) is 15.9. The summed E-state index contributed by atoms with van der Waals surface area (Å²) in [5.74, 6) is 1.27. The van der Waals surface area contributed by atoms with E-state index >= 15 is 0 Å². The van der Waals surface area contributed by atoms with Crippen LogP contribution in [0.3, 0.4) is 0 Å². The number of anilines is 2. The van der Waals surface area contributed by atoms with Gasteiger partial charge in [0.25, 0.3) is 0 Å². The van der Waals surface area contributed by atoms with Crippen LogP contribution >= 0.6 is 11.8 Å². The number of nitrogen functional groups attached to an aromatic ring is 1. The van der Waals surface area contributed by atoms with Gasteiger partial charge >= 0.3 is 0 Å². The van der Waals surface area contributed by atoms with E-state index in [2.05, 4.69) is 11.6 Å². The molecule has 0 heterocycles. The van der Waals surface area contributed by atoms with E-state index in [4.69, 9.17) is 5.73 Å². The average molecular weight is 280 g/mol. The quantitative estimate of drug-likeness (QED) is 0.410. The molecule has 0 fully saturated rings. The molecule has 0 radical (unpaired) electrons. The molecule has 4 heteroatoms. The first-order valence-corrected chi connectivity index (χ1v) is 8.18. The van der Waals surface area contributed by atoms with Crippen LogP contribution in [-0.4, -0.2) is 24.3 Å². The third kappa shape index (κ3) is 6.01. The number of carbonyl (C=O) groups is 1. The van der Waals surface area contributed by atoms with Gasteiger partial charge in [-0.3, -0.25) is 4.79 Å². The number of benzene rings is 1. The van der Waals surface area contributed by atoms with Gasteiger partial charge in [-0.1, -0.05) is 12.8 Å². The highest BCUT2D eigenvalue weighted by molar-refractivity contribution is 7.98. The maximum atomic E-state index is 11.3. The third-order valence-corrected chi connectivity index (χ3v) is 3.73. The number of hydrogen-bond donors (Lipinski definition) is 2. The molecule has 1 aromatic carbocycles. The Bertz CT molecular complexity index is 407. The lowest BCUT2D eigenvalue weighted by atomic mass is 10.1. The van der Waals surface area contributed by atoms with E-state index < -0.39 is 0 Å². The maximum Gasteiger partial charge on any atom is 0.161 e. The molecule has 0 aliphatic rings. The number of nitrogens with two attached hydrogens (primary N) is 1. The zero-order chi connectivity index (χ0) is 14.1. The number of rotatable bonds is 9. The van der Waals surface area contributed by atoms with Gasteiger partial charge < -0.3 is 11.1 Å². The van der Waals surface area contributed by atoms with Gasteiger partial charge in [-0.2, -0.15) is 11.8 Å². The minimum absolute atomic E-state index is 0.0119. The lowest BCUT2D eigenvalue weighted by Crippen LogP contribution is -2.04. The number of Topliss-reactive ketones (excluding diaryl/α,β-unsaturated/α-hetero) is 1. The summed E-state index contributed by atoms with van der Waals surface area (Å²) in [6, 6.07) is 5.55. The zero-order valence-electron chi connectivity index (χ0n) is 11.9. The summed E-state index contributed by atoms with van der Waals surface area (Å²) in [7, 11) is 0. The van der Waals surface area contributed by atoms with Crippen molar-refractivity contribution in [2.75, 3.05) is 29.6 Å². The molecule has 0 saturated carbocycles. The van der Waals surface area contributed by atoms with Crippen molar-refractivity contribution in [3.05, 3.63) is 23.8 Å². The molecule has 1 rings (SSSR count). The topological polar surface area (TPSA) is 55.1 Å². The van der Waals surface area contributed by atoms with Crippen LogP contribution in [0, 0.1) is 0 Å². The zero-order valence-corrected chi connectivity index (χ0v) is 12.7. The van der Waals surface area contributed by atoms with Crippen molar-refractivity contribution in [1.82, 2.24) is 0 Å². The third-order valence-electron chi connectivity index (χ3n) is 3.04. The number of carbonyl (C=O) groups excluding carboxylic acids is 1. The summed E-state index contributed by atoms with van der Waals surface area (Å²) in [5.41, 5.74) is 7.99. The summed E-state index contributed by atoms with van der Waals surface area (Å²) < 4.78 is 0. The fourth-order valence-corrected chi connectivity index (χ4v) is 2.44. The van der Waals surface area contributed by atoms with Crippen molar-refractivity contribution in [2.24, 2.45) is 0 Å². The predicted octanol–water partition coefficient (Wildman–Crippen LogP) is 3.81. The van der Waals surface area contributed by atoms with Crippen LogP contribution in [0.25, 0.3) is 0 Å². The number of nitrogens with one attached hydrogen (secondary N) is 1. The summed E-state index contributed by atoms with van der Waals surface area (Å²) in [6.07, 6.45) is 7.18. The van der Waals surface area contributed by atoms with Crippen LogP contribution < -0.4 is 11.1 Å². The molecular weight excluding hydrogens is 256 g/mol. The molecule has 0 aliphatic heterocycles. The van der Waals surface area contributed by atoms with E-state index in [1.807, 2.05) is 23.9 Å². The molecule has 106 valence electrons. The van der Waals surface area contributed by atoms with E-state index in [0.29, 0.717) is 11.3 Å². The molecular formula is C15H24N2OS. The molecule has 0 bridgehead atoms. The van der Waals surface area contributed by atoms with Crippen LogP contribution in [-0.2, 0) is 0 Å². The predicted molar refractivity (Wildman–Crippen MR) is 86.2 cm³/mol. The van der Waals surface area contributed by atoms with Crippen molar-refractivity contribution in [2.45, 2.75) is 32.6 Å². The van der Waals surface area contributed by atoms with E-state index in [-0.39, 0.29) is 5.78 Å². The Labute approximate surface area is 120 Å². The molecule has 0 saturated heterocycles. The molecule has 0 aromatic heterocycles. The normalized spacial score (nSPS) is 10.4. The summed E-state index contributed by atoms with van der Waals surface area (Å²) in [4.78, 5) is 11.3. The summed E-state index contributed by atoms with van der Waals surface area (Å²) >= 11 is 1.91. The second kappa shape index (κ2) is 8.86. The molecule has 1 aromatic rings. The van der Waals surface area contributed by atoms with Gasteiger partial charge in [-0.25, -0.2) is 0 Å². The van der Waals surface area contributed by atoms with Crippen molar-refractivity contribution < 1.29 is 4.79 Å². The van der Waals surface area contributed by atoms with E-state index in [1.165, 1.54) is 38.4 Å². The van der Waals surface area contributed by atoms with Crippen LogP contribution in [0.4, 0.5) is 11.4 Å². The highest BCUT2D eigenvalue weighted by Gasteiger charge is 2.04. The Kier molecular flexibility index (Phi) is 7.41. The van der Waals surface area contributed by atoms with Crippen molar-refractivity contribution in [3.8, 4) is 0 Å². The fourth-order valence-electron chi connectivity index (χ4n) is 1.95. The Balaban J connectivity index is 2.26. The second-order valence-corrected chi connectivity index (χ2v) is 5.68. The average Bonchev–Trinajstić information content (AvgIpc) is 2.37. The first-order valence-electron chi connectivity index (χ1n) is 6.78. The van der Waals surface area contributed by atoms with Gasteiger partial charge in [0.05, 0.1) is 0 Å². The van der Waals surface area contributed by atoms with E-state index in [1.54, 1.807) is 6.07 Å². The monoisotopic (exact) mass is 280 g/mol. The van der Waals surface area contributed by atoms with Crippen molar-refractivity contribution >= 4 is 28.9 Å². The number of hydrogen-bond acceptors (Lipinski definition) is 4. The van der Waals surface area contributed by atoms with Gasteiger partial charge in [0.15, 0.2) is 5.78 Å². The maximum absolute atomic E-state index is 11.3. The van der Waals surface area contributed by atoms with Crippen molar-refractivity contribution in [3.63, 3.8) is 0 Å². The van der Waals surface area contributed by atoms with Gasteiger partial charge in [0.1, 0.15) is 0 Å². The van der Waals surface area contributed by atoms with Crippen LogP contribution in [0.15, 0.2) is 18.2 Å². The second-order valence-electron chi connectivity index (χ2n) is 4.69. The molecule has 0 unspecified atom stereocenters. The van der Waals surface area contributed by atoms with Gasteiger partial charge in [0, 0.05) is 23.5 Å². The minimum Gasteiger partial charge on any atom is -0.398 e. The van der Waals surface area contributed by atoms with Gasteiger partial charge in [-0.15, -0.1) is 0 Å². The lowest BCUT2D eigenvalue weighted by Gasteiger charge is -2.09. The molecule has 0 spiro atoms. The number of thioether (sulfide) groups is 1. The Morgan fingerprint density at radius 3 is 2.63 bits per heavy atom. The molecule has 3 N–H and O–H groups in total. The van der Waals surface area contributed by atoms with Crippen LogP contribution in [0.5, 0.6) is 0 Å². The first-order chi connectivity index (χ1) is 9.15. The standard InChI is InChI=1S/C15H24N2OS/c1-12(18)14-8-7-13(11-15(14)16)17-9-5-3-4-6-10-19-2/h7-8,11,17H,3-6,9-10,16H2,1-2H3. The van der Waals surface area contributed by atoms with Crippen LogP contribution in [0.1, 0.15) is 43.0 Å². The SMILES string of the molecule is CSCCCCCCNc1ccc(C(C)=O)c(N)c1. The highest BCUT2D eigenvalue weighted by Crippen LogP contribution is 2.18. The largest absolute Gasteiger partial charge is 0.398 e. The smallest absolute Gasteiger partial charge is 0.161 e. The molecule has 0 atom stereocenters. The molecule has 3 nitrogen and oxygen atoms in total. The molecule has 0 aliphatic carbocycles. The molecule has 19 heavy (non-hydrogen) atoms. The number of ketones is 1. The fraction of sp³-hybridized carbons (Fsp3) is 0.533. The summed E-state index contributed by atoms with van der Waals surface area (Å²) in [6.45, 7) is 2.49. The van der Waals surface area contributed by atoms with E-state index in [9.17, 15) is 4.79 Å². The number of unbranched alkanes of at least 4 members (excludes halogenated alkanes) is 3. The summed E-state index contributed by atoms with van der Waals surface area (Å²) in [5, 5.41) is 3.35. The van der Waals surface area contributed by atoms with E-state index in [0.717, 1.165) is 12.2 Å². The van der Waals surface area contributed by atoms with Crippen molar-refractivity contribution in [1.29, 1.82) is 0 Å². The Hall–Kier alpha value is -1.16. The van der Waals surface area contributed by atoms with Crippen LogP contribution in [0.2, 0.25) is 0 Å². The Morgan fingerprint density at radius 2 is 2.00 bits per heavy atom. The lowest BCUT2D eigenvalue weighted by molar-refractivity contribution is 0.101. The molecule has 0 amide bonds. The highest BCUT2D eigenvalue weighted by atomic mass is 32.2. The Morgan fingerprint density at radius 1 is 1.26 bits per heavy atom. The van der Waals surface area contributed by atoms with Gasteiger partial charge in [0.2, 0.25) is 0 Å². The minimum atomic E-state index is 0.0119. The van der Waals surface area contributed by atoms with Gasteiger partial charge in [-0.05, 0) is 50.0 Å².